The van der Waals surface area contributed by atoms with Gasteiger partial charge in [0.25, 0.3) is 5.56 Å². The lowest BCUT2D eigenvalue weighted by Gasteiger charge is -2.18. The van der Waals surface area contributed by atoms with Crippen molar-refractivity contribution >= 4 is 16.9 Å². The van der Waals surface area contributed by atoms with Gasteiger partial charge in [0.05, 0.1) is 10.9 Å². The smallest absolute Gasteiger partial charge is 0.344 e. The monoisotopic (exact) mass is 394 g/mol. The van der Waals surface area contributed by atoms with Gasteiger partial charge in [0.2, 0.25) is 0 Å². The molecule has 0 fully saturated rings. The van der Waals surface area contributed by atoms with Gasteiger partial charge in [-0.15, -0.1) is 0 Å². The maximum absolute atomic E-state index is 12.3. The quantitative estimate of drug-likeness (QED) is 0.668. The summed E-state index contributed by atoms with van der Waals surface area (Å²) in [5.74, 6) is 0.893. The lowest BCUT2D eigenvalue weighted by Crippen LogP contribution is -2.25. The molecular formula is C22H22N2O5. The Morgan fingerprint density at radius 2 is 2.03 bits per heavy atom. The van der Waals surface area contributed by atoms with E-state index in [2.05, 4.69) is 9.97 Å². The van der Waals surface area contributed by atoms with Crippen LogP contribution in [-0.2, 0) is 16.0 Å². The maximum Gasteiger partial charge on any atom is 0.344 e. The Morgan fingerprint density at radius 3 is 2.86 bits per heavy atom. The zero-order valence-electron chi connectivity index (χ0n) is 16.5. The van der Waals surface area contributed by atoms with Crippen LogP contribution in [0.2, 0.25) is 0 Å². The fraction of sp³-hybridized carbons (Fsp3) is 0.318. The van der Waals surface area contributed by atoms with Crippen LogP contribution in [0, 0.1) is 0 Å². The second-order valence-corrected chi connectivity index (χ2v) is 7.67. The van der Waals surface area contributed by atoms with E-state index in [0.29, 0.717) is 22.4 Å². The van der Waals surface area contributed by atoms with Gasteiger partial charge in [0, 0.05) is 12.0 Å². The molecule has 0 saturated heterocycles. The molecule has 0 bridgehead atoms. The average Bonchev–Trinajstić information content (AvgIpc) is 3.00. The van der Waals surface area contributed by atoms with E-state index in [-0.39, 0.29) is 23.6 Å². The van der Waals surface area contributed by atoms with Gasteiger partial charge in [0.1, 0.15) is 5.60 Å². The molecule has 1 N–H and O–H groups in total. The number of esters is 1. The molecule has 2 aromatic carbocycles. The standard InChI is InChI=1S/C22H22N2O5/c1-13(20-23-16-9-5-4-8-15(16)21(26)24-20)28-18(25)12-27-17-10-6-7-14-11-22(2,3)29-19(14)17/h4-10,13H,11-12H2,1-3H3,(H,23,24,26)/t13-/m0/s1. The summed E-state index contributed by atoms with van der Waals surface area (Å²) in [6, 6.07) is 12.6. The molecule has 7 heteroatoms. The van der Waals surface area contributed by atoms with Crippen molar-refractivity contribution < 1.29 is 19.0 Å². The van der Waals surface area contributed by atoms with Crippen molar-refractivity contribution in [1.29, 1.82) is 0 Å². The number of hydrogen-bond donors (Lipinski definition) is 1. The first-order chi connectivity index (χ1) is 13.8. The molecule has 0 radical (unpaired) electrons. The van der Waals surface area contributed by atoms with Crippen molar-refractivity contribution in [2.75, 3.05) is 6.61 Å². The summed E-state index contributed by atoms with van der Waals surface area (Å²) >= 11 is 0. The summed E-state index contributed by atoms with van der Waals surface area (Å²) in [6.07, 6.45) is 0.0576. The van der Waals surface area contributed by atoms with Gasteiger partial charge in [-0.05, 0) is 39.0 Å². The highest BCUT2D eigenvalue weighted by Gasteiger charge is 2.32. The minimum Gasteiger partial charge on any atom is -0.483 e. The number of nitrogens with zero attached hydrogens (tertiary/aromatic N) is 1. The predicted molar refractivity (Wildman–Crippen MR) is 107 cm³/mol. The van der Waals surface area contributed by atoms with Gasteiger partial charge in [-0.25, -0.2) is 9.78 Å². The number of para-hydroxylation sites is 2. The third-order valence-electron chi connectivity index (χ3n) is 4.72. The average molecular weight is 394 g/mol. The number of carbonyl (C=O) groups is 1. The van der Waals surface area contributed by atoms with E-state index >= 15 is 0 Å². The lowest BCUT2D eigenvalue weighted by atomic mass is 10.0. The number of ether oxygens (including phenoxy) is 3. The summed E-state index contributed by atoms with van der Waals surface area (Å²) in [4.78, 5) is 31.5. The zero-order valence-corrected chi connectivity index (χ0v) is 16.5. The lowest BCUT2D eigenvalue weighted by molar-refractivity contribution is -0.151. The number of aromatic amines is 1. The maximum atomic E-state index is 12.3. The fourth-order valence-corrected chi connectivity index (χ4v) is 3.42. The van der Waals surface area contributed by atoms with E-state index in [9.17, 15) is 9.59 Å². The molecule has 0 aliphatic carbocycles. The number of H-pyrrole nitrogens is 1. The molecular weight excluding hydrogens is 372 g/mol. The molecule has 4 rings (SSSR count). The van der Waals surface area contributed by atoms with E-state index < -0.39 is 12.1 Å². The topological polar surface area (TPSA) is 90.5 Å². The molecule has 0 saturated carbocycles. The third kappa shape index (κ3) is 3.94. The van der Waals surface area contributed by atoms with E-state index in [1.165, 1.54) is 0 Å². The third-order valence-corrected chi connectivity index (χ3v) is 4.72. The number of rotatable bonds is 5. The summed E-state index contributed by atoms with van der Waals surface area (Å²) in [5, 5.41) is 0.485. The van der Waals surface area contributed by atoms with Gasteiger partial charge in [-0.3, -0.25) is 4.79 Å². The van der Waals surface area contributed by atoms with Crippen LogP contribution in [0.5, 0.6) is 11.5 Å². The van der Waals surface area contributed by atoms with Crippen molar-refractivity contribution in [3.05, 3.63) is 64.2 Å². The fourth-order valence-electron chi connectivity index (χ4n) is 3.42. The van der Waals surface area contributed by atoms with E-state index in [4.69, 9.17) is 14.2 Å². The van der Waals surface area contributed by atoms with Gasteiger partial charge in [0.15, 0.2) is 30.0 Å². The SMILES string of the molecule is C[C@H](OC(=O)COc1cccc2c1OC(C)(C)C2)c1nc2ccccc2c(=O)[nH]1. The molecule has 1 aliphatic rings. The number of nitrogens with one attached hydrogen (secondary N) is 1. The summed E-state index contributed by atoms with van der Waals surface area (Å²) < 4.78 is 17.0. The van der Waals surface area contributed by atoms with Crippen LogP contribution < -0.4 is 15.0 Å². The molecule has 1 aromatic heterocycles. The number of carbonyl (C=O) groups excluding carboxylic acids is 1. The largest absolute Gasteiger partial charge is 0.483 e. The molecule has 1 aliphatic heterocycles. The summed E-state index contributed by atoms with van der Waals surface area (Å²) in [5.41, 5.74) is 1.02. The molecule has 0 unspecified atom stereocenters. The first-order valence-electron chi connectivity index (χ1n) is 9.44. The Morgan fingerprint density at radius 1 is 1.24 bits per heavy atom. The number of benzene rings is 2. The second kappa shape index (κ2) is 7.24. The second-order valence-electron chi connectivity index (χ2n) is 7.67. The van der Waals surface area contributed by atoms with Crippen LogP contribution in [0.1, 0.15) is 38.3 Å². The molecule has 3 aromatic rings. The Bertz CT molecular complexity index is 1140. The Balaban J connectivity index is 1.42. The van der Waals surface area contributed by atoms with Crippen LogP contribution in [0.3, 0.4) is 0 Å². The summed E-state index contributed by atoms with van der Waals surface area (Å²) in [7, 11) is 0. The number of fused-ring (bicyclic) bond motifs is 2. The molecule has 29 heavy (non-hydrogen) atoms. The van der Waals surface area contributed by atoms with Crippen molar-refractivity contribution in [2.24, 2.45) is 0 Å². The van der Waals surface area contributed by atoms with Crippen LogP contribution in [-0.4, -0.2) is 28.1 Å². The van der Waals surface area contributed by atoms with E-state index in [0.717, 1.165) is 12.0 Å². The van der Waals surface area contributed by atoms with Gasteiger partial charge >= 0.3 is 5.97 Å². The van der Waals surface area contributed by atoms with Crippen LogP contribution >= 0.6 is 0 Å². The zero-order chi connectivity index (χ0) is 20.6. The van der Waals surface area contributed by atoms with Gasteiger partial charge in [-0.1, -0.05) is 24.3 Å². The first kappa shape index (κ1) is 19.0. The van der Waals surface area contributed by atoms with Crippen molar-refractivity contribution in [3.8, 4) is 11.5 Å². The van der Waals surface area contributed by atoms with E-state index in [1.54, 1.807) is 37.3 Å². The highest BCUT2D eigenvalue weighted by molar-refractivity contribution is 5.77. The van der Waals surface area contributed by atoms with Crippen LogP contribution in [0.25, 0.3) is 10.9 Å². The molecule has 0 spiro atoms. The highest BCUT2D eigenvalue weighted by atomic mass is 16.6. The Hall–Kier alpha value is -3.35. The Labute approximate surface area is 167 Å². The van der Waals surface area contributed by atoms with Crippen molar-refractivity contribution in [1.82, 2.24) is 9.97 Å². The van der Waals surface area contributed by atoms with Crippen LogP contribution in [0.4, 0.5) is 0 Å². The molecule has 2 heterocycles. The van der Waals surface area contributed by atoms with Gasteiger partial charge in [-0.2, -0.15) is 0 Å². The van der Waals surface area contributed by atoms with Crippen molar-refractivity contribution in [3.63, 3.8) is 0 Å². The molecule has 1 atom stereocenters. The Kier molecular flexibility index (Phi) is 4.74. The molecule has 150 valence electrons. The van der Waals surface area contributed by atoms with Gasteiger partial charge < -0.3 is 19.2 Å². The van der Waals surface area contributed by atoms with Crippen molar-refractivity contribution in [2.45, 2.75) is 38.9 Å². The molecule has 0 amide bonds. The first-order valence-corrected chi connectivity index (χ1v) is 9.44. The highest BCUT2D eigenvalue weighted by Crippen LogP contribution is 2.41. The minimum atomic E-state index is -0.722. The number of aromatic nitrogens is 2. The molecule has 7 nitrogen and oxygen atoms in total. The minimum absolute atomic E-state index is 0.274. The number of hydrogen-bond acceptors (Lipinski definition) is 6. The summed E-state index contributed by atoms with van der Waals surface area (Å²) in [6.45, 7) is 5.38. The normalized spacial score (nSPS) is 15.4. The van der Waals surface area contributed by atoms with E-state index in [1.807, 2.05) is 26.0 Å². The predicted octanol–water partition coefficient (Wildman–Crippen LogP) is 3.32. The van der Waals surface area contributed by atoms with Crippen LogP contribution in [0.15, 0.2) is 47.3 Å².